The van der Waals surface area contributed by atoms with Crippen LogP contribution in [0.4, 0.5) is 10.1 Å². The van der Waals surface area contributed by atoms with Crippen molar-refractivity contribution in [3.05, 3.63) is 38.5 Å². The number of hydrogen-bond donors (Lipinski definition) is 0. The minimum Gasteiger partial charge on any atom is -0.370 e. The van der Waals surface area contributed by atoms with Gasteiger partial charge in [0, 0.05) is 31.7 Å². The number of rotatable bonds is 2. The van der Waals surface area contributed by atoms with Crippen molar-refractivity contribution >= 4 is 28.9 Å². The summed E-state index contributed by atoms with van der Waals surface area (Å²) >= 11 is 12.7. The molecule has 1 aromatic heterocycles. The molecular weight excluding hydrogens is 352 g/mol. The van der Waals surface area contributed by atoms with Crippen LogP contribution >= 0.6 is 23.2 Å². The summed E-state index contributed by atoms with van der Waals surface area (Å²) in [5, 5.41) is 0.687. The second-order valence-corrected chi connectivity index (χ2v) is 7.17. The van der Waals surface area contributed by atoms with Crippen molar-refractivity contribution < 1.29 is 4.39 Å². The first-order chi connectivity index (χ1) is 11.6. The fourth-order valence-corrected chi connectivity index (χ4v) is 4.31. The quantitative estimate of drug-likeness (QED) is 0.795. The maximum atomic E-state index is 14.6. The van der Waals surface area contributed by atoms with Crippen molar-refractivity contribution in [2.75, 3.05) is 18.0 Å². The lowest BCUT2D eigenvalue weighted by Gasteiger charge is -2.20. The Hall–Kier alpha value is -1.46. The fourth-order valence-electron chi connectivity index (χ4n) is 3.68. The highest BCUT2D eigenvalue weighted by molar-refractivity contribution is 6.34. The molecule has 24 heavy (non-hydrogen) atoms. The number of fused-ring (bicyclic) bond motifs is 1. The lowest BCUT2D eigenvalue weighted by atomic mass is 10.1. The zero-order valence-corrected chi connectivity index (χ0v) is 14.7. The van der Waals surface area contributed by atoms with E-state index < -0.39 is 5.82 Å². The Morgan fingerprint density at radius 2 is 1.54 bits per heavy atom. The largest absolute Gasteiger partial charge is 0.370 e. The van der Waals surface area contributed by atoms with E-state index in [4.69, 9.17) is 23.2 Å². The first-order valence-electron chi connectivity index (χ1n) is 8.31. The van der Waals surface area contributed by atoms with E-state index in [1.165, 1.54) is 6.07 Å². The molecule has 4 nitrogen and oxygen atoms in total. The predicted molar refractivity (Wildman–Crippen MR) is 94.8 cm³/mol. The summed E-state index contributed by atoms with van der Waals surface area (Å²) in [6.45, 7) is 3.09. The Bertz CT molecular complexity index is 852. The highest BCUT2D eigenvalue weighted by Crippen LogP contribution is 2.37. The molecule has 0 spiro atoms. The van der Waals surface area contributed by atoms with Gasteiger partial charge in [0.1, 0.15) is 11.0 Å². The molecule has 4 rings (SSSR count). The molecule has 2 aromatic rings. The van der Waals surface area contributed by atoms with Gasteiger partial charge in [-0.15, -0.1) is 0 Å². The van der Waals surface area contributed by atoms with Gasteiger partial charge in [0.15, 0.2) is 0 Å². The third kappa shape index (κ3) is 2.45. The van der Waals surface area contributed by atoms with Crippen molar-refractivity contribution in [2.45, 2.75) is 38.8 Å². The minimum atomic E-state index is -0.509. The summed E-state index contributed by atoms with van der Waals surface area (Å²) in [4.78, 5) is 14.9. The molecule has 0 bridgehead atoms. The van der Waals surface area contributed by atoms with Gasteiger partial charge in [0.2, 0.25) is 0 Å². The molecule has 0 atom stereocenters. The molecule has 0 amide bonds. The molecular formula is C17H18Cl2FN3O. The molecule has 0 aliphatic carbocycles. The second kappa shape index (κ2) is 6.12. The van der Waals surface area contributed by atoms with Gasteiger partial charge in [-0.3, -0.25) is 9.48 Å². The molecule has 1 aromatic carbocycles. The average molecular weight is 370 g/mol. The Kier molecular flexibility index (Phi) is 4.09. The van der Waals surface area contributed by atoms with Gasteiger partial charge in [-0.05, 0) is 37.8 Å². The third-order valence-corrected chi connectivity index (χ3v) is 5.60. The van der Waals surface area contributed by atoms with Crippen molar-refractivity contribution in [1.82, 2.24) is 9.36 Å². The highest BCUT2D eigenvalue weighted by atomic mass is 35.5. The van der Waals surface area contributed by atoms with Gasteiger partial charge in [-0.2, -0.15) is 0 Å². The van der Waals surface area contributed by atoms with E-state index in [2.05, 4.69) is 4.90 Å². The zero-order chi connectivity index (χ0) is 16.8. The van der Waals surface area contributed by atoms with Crippen LogP contribution < -0.4 is 10.5 Å². The lowest BCUT2D eigenvalue weighted by Crippen LogP contribution is -2.27. The number of anilines is 1. The van der Waals surface area contributed by atoms with Crippen LogP contribution in [0.1, 0.15) is 25.7 Å². The summed E-state index contributed by atoms with van der Waals surface area (Å²) in [6, 6.07) is 2.97. The number of halogens is 3. The Labute approximate surface area is 149 Å². The van der Waals surface area contributed by atoms with E-state index in [0.29, 0.717) is 23.3 Å². The summed E-state index contributed by atoms with van der Waals surface area (Å²) in [7, 11) is 0. The van der Waals surface area contributed by atoms with Crippen LogP contribution in [0.25, 0.3) is 11.1 Å². The lowest BCUT2D eigenvalue weighted by molar-refractivity contribution is 0.356. The topological polar surface area (TPSA) is 30.2 Å². The monoisotopic (exact) mass is 369 g/mol. The SMILES string of the molecule is O=c1c(-c2cc(N3CCCC3)c(Cl)cc2F)c(Cl)n2n1CCCC2. The molecule has 1 fully saturated rings. The van der Waals surface area contributed by atoms with Gasteiger partial charge in [-0.1, -0.05) is 23.2 Å². The number of nitrogens with zero attached hydrogens (tertiary/aromatic N) is 3. The van der Waals surface area contributed by atoms with Gasteiger partial charge in [0.05, 0.1) is 16.3 Å². The molecule has 0 N–H and O–H groups in total. The number of aromatic nitrogens is 2. The molecule has 0 saturated carbocycles. The molecule has 0 radical (unpaired) electrons. The van der Waals surface area contributed by atoms with E-state index in [0.717, 1.165) is 44.5 Å². The predicted octanol–water partition coefficient (Wildman–Crippen LogP) is 4.16. The normalized spacial score (nSPS) is 17.4. The second-order valence-electron chi connectivity index (χ2n) is 6.40. The van der Waals surface area contributed by atoms with Crippen LogP contribution in [0.2, 0.25) is 10.2 Å². The maximum absolute atomic E-state index is 14.6. The van der Waals surface area contributed by atoms with Crippen LogP contribution in [0, 0.1) is 5.82 Å². The van der Waals surface area contributed by atoms with Crippen LogP contribution in [0.15, 0.2) is 16.9 Å². The molecule has 7 heteroatoms. The Morgan fingerprint density at radius 1 is 0.917 bits per heavy atom. The molecule has 3 heterocycles. The van der Waals surface area contributed by atoms with Crippen LogP contribution in [-0.2, 0) is 13.1 Å². The molecule has 128 valence electrons. The van der Waals surface area contributed by atoms with Gasteiger partial charge in [0.25, 0.3) is 5.56 Å². The van der Waals surface area contributed by atoms with Gasteiger partial charge < -0.3 is 4.90 Å². The van der Waals surface area contributed by atoms with E-state index in [9.17, 15) is 9.18 Å². The van der Waals surface area contributed by atoms with E-state index in [1.54, 1.807) is 15.4 Å². The Morgan fingerprint density at radius 3 is 2.21 bits per heavy atom. The van der Waals surface area contributed by atoms with E-state index in [1.807, 2.05) is 0 Å². The number of benzene rings is 1. The standard InChI is InChI=1S/C17H18Cl2FN3O/c18-12-10-13(20)11(9-14(12)21-5-1-2-6-21)15-16(19)22-7-3-4-8-23(22)17(15)24/h9-10H,1-8H2. The highest BCUT2D eigenvalue weighted by Gasteiger charge is 2.26. The zero-order valence-electron chi connectivity index (χ0n) is 13.2. The first kappa shape index (κ1) is 16.0. The summed E-state index contributed by atoms with van der Waals surface area (Å²) < 4.78 is 18.0. The van der Waals surface area contributed by atoms with Crippen LogP contribution in [-0.4, -0.2) is 22.5 Å². The summed E-state index contributed by atoms with van der Waals surface area (Å²) in [5.74, 6) is -0.509. The van der Waals surface area contributed by atoms with Crippen molar-refractivity contribution in [1.29, 1.82) is 0 Å². The Balaban J connectivity index is 1.89. The summed E-state index contributed by atoms with van der Waals surface area (Å²) in [5.41, 5.74) is 1.03. The van der Waals surface area contributed by atoms with E-state index in [-0.39, 0.29) is 16.7 Å². The van der Waals surface area contributed by atoms with Crippen LogP contribution in [0.5, 0.6) is 0 Å². The van der Waals surface area contributed by atoms with Gasteiger partial charge in [-0.25, -0.2) is 9.07 Å². The average Bonchev–Trinajstić information content (AvgIpc) is 3.18. The maximum Gasteiger partial charge on any atom is 0.276 e. The van der Waals surface area contributed by atoms with Crippen LogP contribution in [0.3, 0.4) is 0 Å². The molecule has 0 unspecified atom stereocenters. The summed E-state index contributed by atoms with van der Waals surface area (Å²) in [6.07, 6.45) is 4.08. The minimum absolute atomic E-state index is 0.228. The van der Waals surface area contributed by atoms with Crippen molar-refractivity contribution in [3.63, 3.8) is 0 Å². The first-order valence-corrected chi connectivity index (χ1v) is 9.07. The van der Waals surface area contributed by atoms with Gasteiger partial charge >= 0.3 is 0 Å². The molecule has 2 aliphatic rings. The van der Waals surface area contributed by atoms with E-state index >= 15 is 0 Å². The number of hydrogen-bond acceptors (Lipinski definition) is 2. The third-order valence-electron chi connectivity index (χ3n) is 4.92. The molecule has 2 aliphatic heterocycles. The van der Waals surface area contributed by atoms with Crippen molar-refractivity contribution in [2.24, 2.45) is 0 Å². The molecule has 1 saturated heterocycles. The smallest absolute Gasteiger partial charge is 0.276 e. The fraction of sp³-hybridized carbons (Fsp3) is 0.471. The van der Waals surface area contributed by atoms with Crippen molar-refractivity contribution in [3.8, 4) is 11.1 Å².